The van der Waals surface area contributed by atoms with E-state index in [2.05, 4.69) is 20.5 Å². The molecule has 30 heavy (non-hydrogen) atoms. The molecule has 10 heteroatoms. The molecule has 154 valence electrons. The minimum atomic E-state index is -1.35. The van der Waals surface area contributed by atoms with E-state index in [4.69, 9.17) is 14.2 Å². The second kappa shape index (κ2) is 8.46. The number of benzene rings is 2. The number of thioether (sulfide) groups is 1. The van der Waals surface area contributed by atoms with E-state index in [9.17, 15) is 9.90 Å². The lowest BCUT2D eigenvalue weighted by Gasteiger charge is -2.23. The number of methoxy groups -OCH3 is 1. The summed E-state index contributed by atoms with van der Waals surface area (Å²) in [7, 11) is 1.47. The largest absolute Gasteiger partial charge is 0.546 e. The Bertz CT molecular complexity index is 1090. The van der Waals surface area contributed by atoms with Gasteiger partial charge in [0, 0.05) is 11.3 Å². The zero-order valence-electron chi connectivity index (χ0n) is 16.1. The van der Waals surface area contributed by atoms with Gasteiger partial charge in [-0.3, -0.25) is 0 Å². The first-order valence-corrected chi connectivity index (χ1v) is 10.1. The zero-order valence-corrected chi connectivity index (χ0v) is 16.9. The summed E-state index contributed by atoms with van der Waals surface area (Å²) in [6.45, 7) is -0.631. The highest BCUT2D eigenvalue weighted by atomic mass is 32.2. The van der Waals surface area contributed by atoms with Crippen molar-refractivity contribution < 1.29 is 24.1 Å². The van der Waals surface area contributed by atoms with Crippen molar-refractivity contribution in [1.82, 2.24) is 15.2 Å². The lowest BCUT2D eigenvalue weighted by atomic mass is 10.1. The minimum absolute atomic E-state index is 0.231. The van der Waals surface area contributed by atoms with Crippen LogP contribution >= 0.6 is 11.8 Å². The van der Waals surface area contributed by atoms with Crippen molar-refractivity contribution in [2.24, 2.45) is 0 Å². The predicted octanol–water partition coefficient (Wildman–Crippen LogP) is 1.90. The number of carbonyl (C=O) groups excluding carboxylic acids is 1. The lowest BCUT2D eigenvalue weighted by molar-refractivity contribution is -0.307. The Morgan fingerprint density at radius 3 is 2.83 bits per heavy atom. The predicted molar refractivity (Wildman–Crippen MR) is 108 cm³/mol. The molecule has 0 saturated carbocycles. The molecule has 2 heterocycles. The van der Waals surface area contributed by atoms with Crippen LogP contribution in [0.25, 0.3) is 11.3 Å². The van der Waals surface area contributed by atoms with Crippen molar-refractivity contribution in [3.05, 3.63) is 48.0 Å². The Morgan fingerprint density at radius 2 is 2.07 bits per heavy atom. The van der Waals surface area contributed by atoms with Crippen molar-refractivity contribution >= 4 is 23.4 Å². The van der Waals surface area contributed by atoms with Crippen LogP contribution < -0.4 is 24.6 Å². The molecular formula is C20H17N4O5S-. The number of para-hydroxylation sites is 2. The SMILES string of the molecule is COc1cccc([C@@H]2Nc3ccccc3-c3nnc(SC)nc3O2)c1OCC(=O)[O-]. The molecule has 1 aliphatic heterocycles. The molecule has 2 aromatic carbocycles. The highest BCUT2D eigenvalue weighted by molar-refractivity contribution is 7.98. The third-order valence-electron chi connectivity index (χ3n) is 4.36. The van der Waals surface area contributed by atoms with Gasteiger partial charge in [-0.05, 0) is 24.5 Å². The summed E-state index contributed by atoms with van der Waals surface area (Å²) < 4.78 is 17.0. The molecule has 0 amide bonds. The number of fused-ring (bicyclic) bond motifs is 3. The van der Waals surface area contributed by atoms with E-state index in [1.54, 1.807) is 18.2 Å². The van der Waals surface area contributed by atoms with Gasteiger partial charge in [-0.2, -0.15) is 4.98 Å². The van der Waals surface area contributed by atoms with E-state index >= 15 is 0 Å². The molecule has 0 unspecified atom stereocenters. The van der Waals surface area contributed by atoms with E-state index in [1.807, 2.05) is 30.5 Å². The van der Waals surface area contributed by atoms with Crippen LogP contribution in [0.5, 0.6) is 17.4 Å². The summed E-state index contributed by atoms with van der Waals surface area (Å²) in [4.78, 5) is 15.4. The van der Waals surface area contributed by atoms with Gasteiger partial charge in [0.2, 0.25) is 17.3 Å². The number of aromatic nitrogens is 3. The average molecular weight is 425 g/mol. The minimum Gasteiger partial charge on any atom is -0.546 e. The summed E-state index contributed by atoms with van der Waals surface area (Å²) >= 11 is 1.35. The Kier molecular flexibility index (Phi) is 5.57. The monoisotopic (exact) mass is 425 g/mol. The summed E-state index contributed by atoms with van der Waals surface area (Å²) in [5, 5.41) is 23.1. The molecule has 1 aliphatic rings. The summed E-state index contributed by atoms with van der Waals surface area (Å²) in [5.41, 5.74) is 2.56. The van der Waals surface area contributed by atoms with Crippen LogP contribution in [0.1, 0.15) is 11.8 Å². The van der Waals surface area contributed by atoms with Gasteiger partial charge in [-0.1, -0.05) is 36.0 Å². The molecule has 0 saturated heterocycles. The molecule has 3 aromatic rings. The van der Waals surface area contributed by atoms with Gasteiger partial charge in [0.05, 0.1) is 18.6 Å². The smallest absolute Gasteiger partial charge is 0.247 e. The number of anilines is 1. The second-order valence-corrected chi connectivity index (χ2v) is 6.95. The van der Waals surface area contributed by atoms with Gasteiger partial charge in [0.15, 0.2) is 17.2 Å². The summed E-state index contributed by atoms with van der Waals surface area (Å²) in [6, 6.07) is 12.7. The highest BCUT2D eigenvalue weighted by Gasteiger charge is 2.29. The van der Waals surface area contributed by atoms with Crippen LogP contribution in [-0.4, -0.2) is 41.1 Å². The fraction of sp³-hybridized carbons (Fsp3) is 0.200. The number of carbonyl (C=O) groups is 1. The Hall–Kier alpha value is -3.53. The molecule has 1 N–H and O–H groups in total. The molecule has 1 aromatic heterocycles. The van der Waals surface area contributed by atoms with Gasteiger partial charge >= 0.3 is 0 Å². The van der Waals surface area contributed by atoms with Crippen LogP contribution in [-0.2, 0) is 4.79 Å². The van der Waals surface area contributed by atoms with Crippen LogP contribution in [0.15, 0.2) is 47.6 Å². The van der Waals surface area contributed by atoms with Crippen molar-refractivity contribution in [3.8, 4) is 28.6 Å². The maximum atomic E-state index is 11.0. The Morgan fingerprint density at radius 1 is 1.23 bits per heavy atom. The van der Waals surface area contributed by atoms with Gasteiger partial charge in [-0.25, -0.2) is 0 Å². The van der Waals surface area contributed by atoms with Crippen LogP contribution in [0.3, 0.4) is 0 Å². The number of nitrogens with zero attached hydrogens (tertiary/aromatic N) is 3. The molecule has 0 aliphatic carbocycles. The number of nitrogens with one attached hydrogen (secondary N) is 1. The first-order valence-electron chi connectivity index (χ1n) is 8.91. The maximum Gasteiger partial charge on any atom is 0.247 e. The number of ether oxygens (including phenoxy) is 3. The van der Waals surface area contributed by atoms with Crippen LogP contribution in [0.2, 0.25) is 0 Å². The average Bonchev–Trinajstić information content (AvgIpc) is 2.93. The fourth-order valence-electron chi connectivity index (χ4n) is 3.06. The molecule has 0 radical (unpaired) electrons. The molecule has 9 nitrogen and oxygen atoms in total. The van der Waals surface area contributed by atoms with Gasteiger partial charge < -0.3 is 29.4 Å². The number of rotatable bonds is 6. The van der Waals surface area contributed by atoms with E-state index in [-0.39, 0.29) is 5.75 Å². The van der Waals surface area contributed by atoms with Gasteiger partial charge in [0.25, 0.3) is 0 Å². The maximum absolute atomic E-state index is 11.0. The first kappa shape index (κ1) is 19.8. The van der Waals surface area contributed by atoms with E-state index in [0.29, 0.717) is 28.0 Å². The third-order valence-corrected chi connectivity index (χ3v) is 4.90. The van der Waals surface area contributed by atoms with E-state index < -0.39 is 18.8 Å². The standard InChI is InChI=1S/C20H18N4O5S/c1-27-14-9-5-7-12(17(14)28-10-15(25)26)18-21-13-8-4-3-6-11(13)16-19(29-18)22-20(30-2)24-23-16/h3-9,18,21H,10H2,1-2H3,(H,25,26)/p-1/t18-/m1/s1. The highest BCUT2D eigenvalue weighted by Crippen LogP contribution is 2.43. The Labute approximate surface area is 176 Å². The van der Waals surface area contributed by atoms with Crippen LogP contribution in [0.4, 0.5) is 5.69 Å². The van der Waals surface area contributed by atoms with Gasteiger partial charge in [-0.15, -0.1) is 10.2 Å². The topological polar surface area (TPSA) is 119 Å². The van der Waals surface area contributed by atoms with Crippen molar-refractivity contribution in [3.63, 3.8) is 0 Å². The molecule has 0 bridgehead atoms. The fourth-order valence-corrected chi connectivity index (χ4v) is 3.36. The second-order valence-electron chi connectivity index (χ2n) is 6.18. The quantitative estimate of drug-likeness (QED) is 0.587. The number of hydrogen-bond acceptors (Lipinski definition) is 10. The lowest BCUT2D eigenvalue weighted by Crippen LogP contribution is -2.29. The van der Waals surface area contributed by atoms with Crippen molar-refractivity contribution in [1.29, 1.82) is 0 Å². The van der Waals surface area contributed by atoms with Crippen molar-refractivity contribution in [2.45, 2.75) is 11.4 Å². The Balaban J connectivity index is 1.83. The van der Waals surface area contributed by atoms with E-state index in [0.717, 1.165) is 11.3 Å². The third kappa shape index (κ3) is 3.81. The zero-order chi connectivity index (χ0) is 21.1. The van der Waals surface area contributed by atoms with Crippen molar-refractivity contribution in [2.75, 3.05) is 25.3 Å². The summed E-state index contributed by atoms with van der Waals surface area (Å²) in [6.07, 6.45) is 1.09. The number of carboxylic acids is 1. The van der Waals surface area contributed by atoms with Gasteiger partial charge in [0.1, 0.15) is 6.61 Å². The number of aliphatic carboxylic acids is 1. The summed E-state index contributed by atoms with van der Waals surface area (Å²) in [5.74, 6) is -0.457. The molecular weight excluding hydrogens is 408 g/mol. The molecule has 0 fully saturated rings. The van der Waals surface area contributed by atoms with Crippen LogP contribution in [0, 0.1) is 0 Å². The number of carboxylic acid groups (broad SMARTS) is 1. The normalized spacial score (nSPS) is 14.4. The molecule has 4 rings (SSSR count). The van der Waals surface area contributed by atoms with E-state index in [1.165, 1.54) is 18.9 Å². The first-order chi connectivity index (χ1) is 14.6. The molecule has 0 spiro atoms. The number of hydrogen-bond donors (Lipinski definition) is 1. The molecule has 1 atom stereocenters.